The summed E-state index contributed by atoms with van der Waals surface area (Å²) in [7, 11) is 1.40. The smallest absolute Gasteiger partial charge is 0.322 e. The molecule has 0 heterocycles. The predicted octanol–water partition coefficient (Wildman–Crippen LogP) is 2.56. The monoisotopic (exact) mass is 279 g/mol. The Hall–Kier alpha value is -1.55. The van der Waals surface area contributed by atoms with Gasteiger partial charge in [-0.25, -0.2) is 0 Å². The molecule has 1 rings (SSSR count). The van der Waals surface area contributed by atoms with Gasteiger partial charge < -0.3 is 14.8 Å². The number of likely N-dealkylation sites (N-methyl/N-ethyl adjacent to an activating group) is 1. The predicted molar refractivity (Wildman–Crippen MR) is 80.0 cm³/mol. The van der Waals surface area contributed by atoms with Gasteiger partial charge in [0.2, 0.25) is 0 Å². The van der Waals surface area contributed by atoms with Gasteiger partial charge in [-0.05, 0) is 30.7 Å². The van der Waals surface area contributed by atoms with Gasteiger partial charge in [-0.3, -0.25) is 4.79 Å². The summed E-state index contributed by atoms with van der Waals surface area (Å²) in [4.78, 5) is 11.5. The molecule has 4 heteroatoms. The number of aryl methyl sites for hydroxylation is 1. The molecule has 0 aliphatic carbocycles. The van der Waals surface area contributed by atoms with Crippen molar-refractivity contribution in [2.75, 3.05) is 20.3 Å². The molecule has 1 aromatic carbocycles. The Balaban J connectivity index is 2.39. The van der Waals surface area contributed by atoms with Crippen LogP contribution in [0.1, 0.15) is 32.3 Å². The van der Waals surface area contributed by atoms with E-state index < -0.39 is 0 Å². The molecule has 1 atom stereocenters. The molecule has 0 radical (unpaired) electrons. The van der Waals surface area contributed by atoms with Gasteiger partial charge in [0.25, 0.3) is 0 Å². The van der Waals surface area contributed by atoms with Crippen LogP contribution in [0, 0.1) is 0 Å². The van der Waals surface area contributed by atoms with Gasteiger partial charge in [0.05, 0.1) is 13.7 Å². The number of methoxy groups -OCH3 is 1. The van der Waals surface area contributed by atoms with Gasteiger partial charge in [0.15, 0.2) is 0 Å². The molecule has 1 aromatic rings. The Morgan fingerprint density at radius 3 is 2.50 bits per heavy atom. The van der Waals surface area contributed by atoms with Gasteiger partial charge in [0.1, 0.15) is 11.8 Å². The molecule has 0 spiro atoms. The molecular formula is C16H25NO3. The van der Waals surface area contributed by atoms with Crippen LogP contribution < -0.4 is 10.1 Å². The minimum Gasteiger partial charge on any atom is -0.494 e. The summed E-state index contributed by atoms with van der Waals surface area (Å²) in [6, 6.07) is 7.82. The molecular weight excluding hydrogens is 254 g/mol. The number of hydrogen-bond donors (Lipinski definition) is 1. The maximum atomic E-state index is 11.5. The normalized spacial score (nSPS) is 11.9. The number of rotatable bonds is 9. The SMILES string of the molecule is CCCc1ccc(OCCC(NCC)C(=O)OC)cc1. The van der Waals surface area contributed by atoms with Crippen molar-refractivity contribution in [2.45, 2.75) is 39.2 Å². The van der Waals surface area contributed by atoms with Crippen LogP contribution in [-0.4, -0.2) is 32.3 Å². The quantitative estimate of drug-likeness (QED) is 0.706. The first-order chi connectivity index (χ1) is 9.71. The van der Waals surface area contributed by atoms with E-state index in [1.807, 2.05) is 19.1 Å². The highest BCUT2D eigenvalue weighted by molar-refractivity contribution is 5.75. The highest BCUT2D eigenvalue weighted by Gasteiger charge is 2.17. The third-order valence-electron chi connectivity index (χ3n) is 3.07. The first kappa shape index (κ1) is 16.5. The van der Waals surface area contributed by atoms with Gasteiger partial charge in [-0.15, -0.1) is 0 Å². The molecule has 0 aliphatic heterocycles. The number of hydrogen-bond acceptors (Lipinski definition) is 4. The van der Waals surface area contributed by atoms with Gasteiger partial charge >= 0.3 is 5.97 Å². The highest BCUT2D eigenvalue weighted by Crippen LogP contribution is 2.13. The second-order valence-electron chi connectivity index (χ2n) is 4.66. The van der Waals surface area contributed by atoms with E-state index in [-0.39, 0.29) is 12.0 Å². The van der Waals surface area contributed by atoms with Crippen LogP contribution in [0.2, 0.25) is 0 Å². The van der Waals surface area contributed by atoms with Crippen molar-refractivity contribution in [2.24, 2.45) is 0 Å². The van der Waals surface area contributed by atoms with Gasteiger partial charge in [0, 0.05) is 6.42 Å². The highest BCUT2D eigenvalue weighted by atomic mass is 16.5. The first-order valence-corrected chi connectivity index (χ1v) is 7.24. The first-order valence-electron chi connectivity index (χ1n) is 7.24. The zero-order valence-electron chi connectivity index (χ0n) is 12.6. The summed E-state index contributed by atoms with van der Waals surface area (Å²) in [5.41, 5.74) is 1.32. The van der Waals surface area contributed by atoms with E-state index in [1.54, 1.807) is 0 Å². The van der Waals surface area contributed by atoms with Crippen LogP contribution >= 0.6 is 0 Å². The Morgan fingerprint density at radius 2 is 1.95 bits per heavy atom. The maximum absolute atomic E-state index is 11.5. The fourth-order valence-electron chi connectivity index (χ4n) is 2.03. The van der Waals surface area contributed by atoms with Crippen molar-refractivity contribution < 1.29 is 14.3 Å². The van der Waals surface area contributed by atoms with Crippen molar-refractivity contribution in [3.8, 4) is 5.75 Å². The maximum Gasteiger partial charge on any atom is 0.322 e. The van der Waals surface area contributed by atoms with Crippen LogP contribution in [0.25, 0.3) is 0 Å². The number of benzene rings is 1. The van der Waals surface area contributed by atoms with Gasteiger partial charge in [-0.1, -0.05) is 32.4 Å². The molecule has 0 saturated carbocycles. The minimum absolute atomic E-state index is 0.242. The zero-order valence-corrected chi connectivity index (χ0v) is 12.6. The third-order valence-corrected chi connectivity index (χ3v) is 3.07. The van der Waals surface area contributed by atoms with E-state index in [2.05, 4.69) is 24.4 Å². The lowest BCUT2D eigenvalue weighted by Crippen LogP contribution is -2.38. The summed E-state index contributed by atoms with van der Waals surface area (Å²) in [5, 5.41) is 3.09. The average molecular weight is 279 g/mol. The van der Waals surface area contributed by atoms with Crippen LogP contribution in [0.5, 0.6) is 5.75 Å². The number of carbonyl (C=O) groups is 1. The van der Waals surface area contributed by atoms with E-state index >= 15 is 0 Å². The fraction of sp³-hybridized carbons (Fsp3) is 0.562. The summed E-state index contributed by atoms with van der Waals surface area (Å²) in [6.07, 6.45) is 2.83. The van der Waals surface area contributed by atoms with Gasteiger partial charge in [-0.2, -0.15) is 0 Å². The lowest BCUT2D eigenvalue weighted by molar-refractivity contribution is -0.143. The minimum atomic E-state index is -0.302. The molecule has 1 N–H and O–H groups in total. The number of carbonyl (C=O) groups excluding carboxylic acids is 1. The summed E-state index contributed by atoms with van der Waals surface area (Å²) in [5.74, 6) is 0.596. The van der Waals surface area contributed by atoms with Crippen molar-refractivity contribution in [1.29, 1.82) is 0 Å². The fourth-order valence-corrected chi connectivity index (χ4v) is 2.03. The molecule has 0 bridgehead atoms. The lowest BCUT2D eigenvalue weighted by atomic mass is 10.1. The zero-order chi connectivity index (χ0) is 14.8. The largest absolute Gasteiger partial charge is 0.494 e. The van der Waals surface area contributed by atoms with Crippen LogP contribution in [0.15, 0.2) is 24.3 Å². The standard InChI is InChI=1S/C16H25NO3/c1-4-6-13-7-9-14(10-8-13)20-12-11-15(17-5-2)16(18)19-3/h7-10,15,17H,4-6,11-12H2,1-3H3. The molecule has 0 aromatic heterocycles. The molecule has 0 fully saturated rings. The Labute approximate surface area is 121 Å². The van der Waals surface area contributed by atoms with Crippen molar-refractivity contribution in [3.05, 3.63) is 29.8 Å². The summed E-state index contributed by atoms with van der Waals surface area (Å²) in [6.45, 7) is 5.34. The molecule has 4 nitrogen and oxygen atoms in total. The average Bonchev–Trinajstić information content (AvgIpc) is 2.47. The van der Waals surface area contributed by atoms with Crippen molar-refractivity contribution in [3.63, 3.8) is 0 Å². The molecule has 1 unspecified atom stereocenters. The van der Waals surface area contributed by atoms with E-state index in [0.717, 1.165) is 25.1 Å². The Bertz CT molecular complexity index is 389. The summed E-state index contributed by atoms with van der Waals surface area (Å²) < 4.78 is 10.4. The van der Waals surface area contributed by atoms with Crippen molar-refractivity contribution in [1.82, 2.24) is 5.32 Å². The Kier molecular flexibility index (Phi) is 7.73. The van der Waals surface area contributed by atoms with E-state index in [1.165, 1.54) is 12.7 Å². The van der Waals surface area contributed by atoms with E-state index in [9.17, 15) is 4.79 Å². The van der Waals surface area contributed by atoms with E-state index in [4.69, 9.17) is 9.47 Å². The topological polar surface area (TPSA) is 47.6 Å². The number of nitrogens with one attached hydrogen (secondary N) is 1. The second-order valence-corrected chi connectivity index (χ2v) is 4.66. The Morgan fingerprint density at radius 1 is 1.25 bits per heavy atom. The third kappa shape index (κ3) is 5.61. The summed E-state index contributed by atoms with van der Waals surface area (Å²) >= 11 is 0. The molecule has 0 aliphatic rings. The van der Waals surface area contributed by atoms with Crippen molar-refractivity contribution >= 4 is 5.97 Å². The molecule has 20 heavy (non-hydrogen) atoms. The van der Waals surface area contributed by atoms with Crippen LogP contribution in [0.4, 0.5) is 0 Å². The molecule has 0 amide bonds. The van der Waals surface area contributed by atoms with E-state index in [0.29, 0.717) is 13.0 Å². The number of esters is 1. The molecule has 112 valence electrons. The second kappa shape index (κ2) is 9.37. The van der Waals surface area contributed by atoms with Crippen LogP contribution in [-0.2, 0) is 16.0 Å². The lowest BCUT2D eigenvalue weighted by Gasteiger charge is -2.15. The molecule has 0 saturated heterocycles. The van der Waals surface area contributed by atoms with Crippen LogP contribution in [0.3, 0.4) is 0 Å². The number of ether oxygens (including phenoxy) is 2.